The van der Waals surface area contributed by atoms with Gasteiger partial charge >= 0.3 is 0 Å². The van der Waals surface area contributed by atoms with Gasteiger partial charge in [0.05, 0.1) is 17.8 Å². The molecule has 1 saturated heterocycles. The standard InChI is InChI=1S/C17H17FN4O/c1-21-14-5-3-2-4-13(14)17(15(21)23)6-8-22(9-7-17)16-19-10-12(18)11-20-16/h2-5,10-11H,6-9H2,1H3. The maximum absolute atomic E-state index is 13.0. The number of anilines is 2. The summed E-state index contributed by atoms with van der Waals surface area (Å²) in [5.74, 6) is 0.246. The van der Waals surface area contributed by atoms with Crippen LogP contribution in [0.5, 0.6) is 0 Å². The number of amides is 1. The fourth-order valence-corrected chi connectivity index (χ4v) is 3.76. The first kappa shape index (κ1) is 14.1. The van der Waals surface area contributed by atoms with E-state index in [0.717, 1.165) is 11.3 Å². The van der Waals surface area contributed by atoms with E-state index in [9.17, 15) is 9.18 Å². The lowest BCUT2D eigenvalue weighted by atomic mass is 9.74. The summed E-state index contributed by atoms with van der Waals surface area (Å²) in [6.45, 7) is 1.36. The van der Waals surface area contributed by atoms with Crippen LogP contribution in [0.4, 0.5) is 16.0 Å². The van der Waals surface area contributed by atoms with Crippen LogP contribution in [0.1, 0.15) is 18.4 Å². The maximum atomic E-state index is 13.0. The second-order valence-corrected chi connectivity index (χ2v) is 6.15. The van der Waals surface area contributed by atoms with E-state index in [1.54, 1.807) is 4.90 Å². The second kappa shape index (κ2) is 5.01. The Kier molecular flexibility index (Phi) is 3.07. The Balaban J connectivity index is 1.62. The Morgan fingerprint density at radius 1 is 1.13 bits per heavy atom. The van der Waals surface area contributed by atoms with Gasteiger partial charge in [-0.1, -0.05) is 18.2 Å². The first-order valence-electron chi connectivity index (χ1n) is 7.72. The van der Waals surface area contributed by atoms with Crippen molar-refractivity contribution in [2.45, 2.75) is 18.3 Å². The van der Waals surface area contributed by atoms with Crippen molar-refractivity contribution >= 4 is 17.5 Å². The SMILES string of the molecule is CN1C(=O)C2(CCN(c3ncc(F)cn3)CC2)c2ccccc21. The molecule has 23 heavy (non-hydrogen) atoms. The van der Waals surface area contributed by atoms with Crippen molar-refractivity contribution in [2.24, 2.45) is 0 Å². The number of likely N-dealkylation sites (N-methyl/N-ethyl adjacent to an activating group) is 1. The van der Waals surface area contributed by atoms with Gasteiger partial charge in [0, 0.05) is 25.8 Å². The van der Waals surface area contributed by atoms with Gasteiger partial charge in [-0.2, -0.15) is 0 Å². The first-order valence-corrected chi connectivity index (χ1v) is 7.72. The number of nitrogens with zero attached hydrogens (tertiary/aromatic N) is 4. The summed E-state index contributed by atoms with van der Waals surface area (Å²) in [6.07, 6.45) is 3.79. The molecule has 0 unspecified atom stereocenters. The van der Waals surface area contributed by atoms with Gasteiger partial charge in [-0.3, -0.25) is 4.79 Å². The predicted octanol–water partition coefficient (Wildman–Crippen LogP) is 2.13. The van der Waals surface area contributed by atoms with Crippen LogP contribution in [0.3, 0.4) is 0 Å². The van der Waals surface area contributed by atoms with Crippen LogP contribution in [0, 0.1) is 5.82 Å². The zero-order chi connectivity index (χ0) is 16.0. The highest BCUT2D eigenvalue weighted by atomic mass is 19.1. The van der Waals surface area contributed by atoms with Gasteiger partial charge in [-0.25, -0.2) is 14.4 Å². The lowest BCUT2D eigenvalue weighted by Crippen LogP contribution is -2.48. The fraction of sp³-hybridized carbons (Fsp3) is 0.353. The van der Waals surface area contributed by atoms with Crippen molar-refractivity contribution in [3.63, 3.8) is 0 Å². The summed E-state index contributed by atoms with van der Waals surface area (Å²) in [7, 11) is 1.84. The van der Waals surface area contributed by atoms with E-state index in [1.165, 1.54) is 12.4 Å². The molecule has 0 N–H and O–H groups in total. The third kappa shape index (κ3) is 2.01. The summed E-state index contributed by atoms with van der Waals surface area (Å²) in [6, 6.07) is 8.00. The molecule has 0 aliphatic carbocycles. The summed E-state index contributed by atoms with van der Waals surface area (Å²) in [5.41, 5.74) is 1.68. The monoisotopic (exact) mass is 312 g/mol. The lowest BCUT2D eigenvalue weighted by Gasteiger charge is -2.38. The minimum Gasteiger partial charge on any atom is -0.341 e. The first-order chi connectivity index (χ1) is 11.1. The normalized spacial score (nSPS) is 19.3. The van der Waals surface area contributed by atoms with Gasteiger partial charge in [0.1, 0.15) is 0 Å². The smallest absolute Gasteiger partial charge is 0.237 e. The number of piperidine rings is 1. The molecule has 1 fully saturated rings. The number of para-hydroxylation sites is 1. The highest BCUT2D eigenvalue weighted by Gasteiger charge is 2.50. The molecular weight excluding hydrogens is 295 g/mol. The molecule has 2 aliphatic rings. The van der Waals surface area contributed by atoms with Gasteiger partial charge in [-0.05, 0) is 24.5 Å². The number of benzene rings is 1. The third-order valence-corrected chi connectivity index (χ3v) is 5.00. The quantitative estimate of drug-likeness (QED) is 0.809. The van der Waals surface area contributed by atoms with Crippen LogP contribution in [0.15, 0.2) is 36.7 Å². The van der Waals surface area contributed by atoms with Crippen LogP contribution in [0.2, 0.25) is 0 Å². The summed E-state index contributed by atoms with van der Waals surface area (Å²) in [5, 5.41) is 0. The van der Waals surface area contributed by atoms with Crippen LogP contribution < -0.4 is 9.80 Å². The van der Waals surface area contributed by atoms with Crippen molar-refractivity contribution in [1.29, 1.82) is 0 Å². The summed E-state index contributed by atoms with van der Waals surface area (Å²) < 4.78 is 13.0. The average molecular weight is 312 g/mol. The number of hydrogen-bond donors (Lipinski definition) is 0. The molecule has 118 valence electrons. The average Bonchev–Trinajstić information content (AvgIpc) is 2.80. The molecular formula is C17H17FN4O. The van der Waals surface area contributed by atoms with Crippen molar-refractivity contribution in [3.8, 4) is 0 Å². The second-order valence-electron chi connectivity index (χ2n) is 6.15. The minimum atomic E-state index is -0.443. The summed E-state index contributed by atoms with van der Waals surface area (Å²) in [4.78, 5) is 24.7. The predicted molar refractivity (Wildman–Crippen MR) is 85.0 cm³/mol. The number of fused-ring (bicyclic) bond motifs is 2. The van der Waals surface area contributed by atoms with E-state index in [-0.39, 0.29) is 5.91 Å². The molecule has 0 saturated carbocycles. The number of hydrogen-bond acceptors (Lipinski definition) is 4. The van der Waals surface area contributed by atoms with E-state index in [0.29, 0.717) is 31.9 Å². The molecule has 3 heterocycles. The van der Waals surface area contributed by atoms with E-state index in [4.69, 9.17) is 0 Å². The number of carbonyl (C=O) groups is 1. The zero-order valence-electron chi connectivity index (χ0n) is 12.9. The molecule has 1 aromatic carbocycles. The Hall–Kier alpha value is -2.50. The fourth-order valence-electron chi connectivity index (χ4n) is 3.76. The lowest BCUT2D eigenvalue weighted by molar-refractivity contribution is -0.123. The van der Waals surface area contributed by atoms with Crippen molar-refractivity contribution in [2.75, 3.05) is 29.9 Å². The molecule has 6 heteroatoms. The van der Waals surface area contributed by atoms with Gasteiger partial charge in [0.2, 0.25) is 11.9 Å². The van der Waals surface area contributed by atoms with Crippen molar-refractivity contribution in [3.05, 3.63) is 48.0 Å². The number of halogens is 1. The number of rotatable bonds is 1. The number of aromatic nitrogens is 2. The Morgan fingerprint density at radius 2 is 1.78 bits per heavy atom. The molecule has 0 bridgehead atoms. The van der Waals surface area contributed by atoms with Crippen LogP contribution in [0.25, 0.3) is 0 Å². The Bertz CT molecular complexity index is 753. The van der Waals surface area contributed by atoms with E-state index < -0.39 is 11.2 Å². The van der Waals surface area contributed by atoms with Crippen LogP contribution >= 0.6 is 0 Å². The van der Waals surface area contributed by atoms with Crippen molar-refractivity contribution < 1.29 is 9.18 Å². The molecule has 4 rings (SSSR count). The molecule has 2 aliphatic heterocycles. The molecule has 2 aromatic rings. The third-order valence-electron chi connectivity index (χ3n) is 5.00. The minimum absolute atomic E-state index is 0.165. The van der Waals surface area contributed by atoms with Crippen LogP contribution in [-0.4, -0.2) is 36.0 Å². The highest BCUT2D eigenvalue weighted by Crippen LogP contribution is 2.47. The van der Waals surface area contributed by atoms with Crippen LogP contribution in [-0.2, 0) is 10.2 Å². The zero-order valence-corrected chi connectivity index (χ0v) is 12.9. The van der Waals surface area contributed by atoms with E-state index >= 15 is 0 Å². The van der Waals surface area contributed by atoms with Gasteiger partial charge in [0.25, 0.3) is 0 Å². The molecule has 0 radical (unpaired) electrons. The molecule has 1 spiro atoms. The Morgan fingerprint density at radius 3 is 2.48 bits per heavy atom. The van der Waals surface area contributed by atoms with Crippen molar-refractivity contribution in [1.82, 2.24) is 9.97 Å². The highest BCUT2D eigenvalue weighted by molar-refractivity contribution is 6.07. The number of carbonyl (C=O) groups excluding carboxylic acids is 1. The van der Waals surface area contributed by atoms with E-state index in [2.05, 4.69) is 16.0 Å². The summed E-state index contributed by atoms with van der Waals surface area (Å²) >= 11 is 0. The van der Waals surface area contributed by atoms with Gasteiger partial charge in [-0.15, -0.1) is 0 Å². The molecule has 1 aromatic heterocycles. The largest absolute Gasteiger partial charge is 0.341 e. The van der Waals surface area contributed by atoms with Gasteiger partial charge in [0.15, 0.2) is 5.82 Å². The molecule has 5 nitrogen and oxygen atoms in total. The maximum Gasteiger partial charge on any atom is 0.237 e. The Labute approximate surface area is 133 Å². The molecule has 1 amide bonds. The molecule has 0 atom stereocenters. The van der Waals surface area contributed by atoms with Gasteiger partial charge < -0.3 is 9.80 Å². The topological polar surface area (TPSA) is 49.3 Å². The van der Waals surface area contributed by atoms with E-state index in [1.807, 2.05) is 30.1 Å².